The van der Waals surface area contributed by atoms with Gasteiger partial charge in [-0.15, -0.1) is 0 Å². The predicted octanol–water partition coefficient (Wildman–Crippen LogP) is 1.99. The van der Waals surface area contributed by atoms with Gasteiger partial charge in [0, 0.05) is 28.0 Å². The minimum atomic E-state index is -0.341. The zero-order valence-electron chi connectivity index (χ0n) is 10.2. The fourth-order valence-electron chi connectivity index (χ4n) is 1.91. The number of carbonyl (C=O) groups excluding carboxylic acids is 1. The monoisotopic (exact) mass is 331 g/mol. The van der Waals surface area contributed by atoms with Crippen molar-refractivity contribution in [3.05, 3.63) is 46.7 Å². The van der Waals surface area contributed by atoms with Gasteiger partial charge in [-0.2, -0.15) is 0 Å². The molecule has 2 heterocycles. The normalized spacial score (nSPS) is 10.7. The second-order valence-corrected chi connectivity index (χ2v) is 5.10. The molecule has 2 aromatic heterocycles. The van der Waals surface area contributed by atoms with Crippen LogP contribution in [0.4, 0.5) is 0 Å². The Morgan fingerprint density at radius 2 is 2.15 bits per heavy atom. The molecule has 0 fully saturated rings. The van der Waals surface area contributed by atoms with Crippen molar-refractivity contribution in [1.82, 2.24) is 20.4 Å². The van der Waals surface area contributed by atoms with Crippen LogP contribution in [0, 0.1) is 0 Å². The van der Waals surface area contributed by atoms with Gasteiger partial charge in [0.25, 0.3) is 5.91 Å². The van der Waals surface area contributed by atoms with Crippen molar-refractivity contribution in [2.45, 2.75) is 0 Å². The van der Waals surface area contributed by atoms with Crippen LogP contribution in [0.15, 0.2) is 41.1 Å². The molecule has 0 radical (unpaired) electrons. The molecule has 0 bridgehead atoms. The number of imidazole rings is 1. The largest absolute Gasteiger partial charge is 0.338 e. The average molecular weight is 332 g/mol. The number of rotatable bonds is 2. The fourth-order valence-corrected chi connectivity index (χ4v) is 2.28. The van der Waals surface area contributed by atoms with Gasteiger partial charge in [-0.3, -0.25) is 15.2 Å². The number of hydrazine groups is 1. The SMILES string of the molecule is NNC(=O)c1ccc2nc(-c3cncc(Br)c3)[nH]c2c1. The Morgan fingerprint density at radius 1 is 1.30 bits per heavy atom. The lowest BCUT2D eigenvalue weighted by Crippen LogP contribution is -2.29. The summed E-state index contributed by atoms with van der Waals surface area (Å²) in [5.41, 5.74) is 4.98. The smallest absolute Gasteiger partial charge is 0.265 e. The highest BCUT2D eigenvalue weighted by Crippen LogP contribution is 2.22. The lowest BCUT2D eigenvalue weighted by molar-refractivity contribution is 0.0954. The van der Waals surface area contributed by atoms with Gasteiger partial charge in [0.2, 0.25) is 0 Å². The summed E-state index contributed by atoms with van der Waals surface area (Å²) in [5.74, 6) is 5.48. The molecule has 0 aliphatic carbocycles. The van der Waals surface area contributed by atoms with Crippen LogP contribution in [0.25, 0.3) is 22.4 Å². The molecule has 0 aliphatic heterocycles. The second-order valence-electron chi connectivity index (χ2n) is 4.18. The van der Waals surface area contributed by atoms with E-state index >= 15 is 0 Å². The Labute approximate surface area is 122 Å². The number of carbonyl (C=O) groups is 1. The Morgan fingerprint density at radius 3 is 2.90 bits per heavy atom. The van der Waals surface area contributed by atoms with Crippen LogP contribution in [0.5, 0.6) is 0 Å². The lowest BCUT2D eigenvalue weighted by Gasteiger charge is -1.98. The van der Waals surface area contributed by atoms with Crippen molar-refractivity contribution in [3.8, 4) is 11.4 Å². The van der Waals surface area contributed by atoms with Gasteiger partial charge in [-0.1, -0.05) is 0 Å². The second kappa shape index (κ2) is 5.03. The molecular weight excluding hydrogens is 322 g/mol. The average Bonchev–Trinajstić information content (AvgIpc) is 2.89. The first kappa shape index (κ1) is 12.8. The van der Waals surface area contributed by atoms with E-state index in [1.165, 1.54) is 0 Å². The number of halogens is 1. The van der Waals surface area contributed by atoms with Gasteiger partial charge in [0.1, 0.15) is 5.82 Å². The predicted molar refractivity (Wildman–Crippen MR) is 78.7 cm³/mol. The van der Waals surface area contributed by atoms with E-state index in [4.69, 9.17) is 5.84 Å². The van der Waals surface area contributed by atoms with E-state index in [-0.39, 0.29) is 5.91 Å². The van der Waals surface area contributed by atoms with Gasteiger partial charge in [-0.25, -0.2) is 10.8 Å². The number of nitrogens with two attached hydrogens (primary N) is 1. The van der Waals surface area contributed by atoms with E-state index in [1.54, 1.807) is 30.6 Å². The molecule has 0 saturated heterocycles. The summed E-state index contributed by atoms with van der Waals surface area (Å²) in [7, 11) is 0. The highest BCUT2D eigenvalue weighted by molar-refractivity contribution is 9.10. The van der Waals surface area contributed by atoms with Gasteiger partial charge in [-0.05, 0) is 40.2 Å². The molecule has 100 valence electrons. The molecule has 0 atom stereocenters. The molecule has 3 aromatic rings. The van der Waals surface area contributed by atoms with Crippen molar-refractivity contribution in [3.63, 3.8) is 0 Å². The molecule has 3 rings (SSSR count). The molecule has 0 unspecified atom stereocenters. The van der Waals surface area contributed by atoms with E-state index in [0.717, 1.165) is 21.1 Å². The van der Waals surface area contributed by atoms with Crippen LogP contribution in [0.2, 0.25) is 0 Å². The fraction of sp³-hybridized carbons (Fsp3) is 0. The number of amides is 1. The van der Waals surface area contributed by atoms with Gasteiger partial charge in [0.05, 0.1) is 11.0 Å². The summed E-state index contributed by atoms with van der Waals surface area (Å²) in [6.45, 7) is 0. The van der Waals surface area contributed by atoms with Crippen LogP contribution < -0.4 is 11.3 Å². The number of hydrogen-bond donors (Lipinski definition) is 3. The van der Waals surface area contributed by atoms with Crippen LogP contribution in [-0.2, 0) is 0 Å². The number of H-pyrrole nitrogens is 1. The van der Waals surface area contributed by atoms with Gasteiger partial charge in [0.15, 0.2) is 0 Å². The Balaban J connectivity index is 2.09. The van der Waals surface area contributed by atoms with E-state index in [1.807, 2.05) is 6.07 Å². The molecule has 0 spiro atoms. The third-order valence-corrected chi connectivity index (χ3v) is 3.29. The summed E-state index contributed by atoms with van der Waals surface area (Å²) in [6, 6.07) is 7.07. The molecule has 0 aliphatic rings. The van der Waals surface area contributed by atoms with Crippen LogP contribution in [0.1, 0.15) is 10.4 Å². The molecule has 1 amide bonds. The van der Waals surface area contributed by atoms with Crippen molar-refractivity contribution in [2.75, 3.05) is 0 Å². The highest BCUT2D eigenvalue weighted by atomic mass is 79.9. The minimum absolute atomic E-state index is 0.341. The van der Waals surface area contributed by atoms with Crippen LogP contribution in [0.3, 0.4) is 0 Å². The standard InChI is InChI=1S/C13H10BrN5O/c14-9-3-8(5-16-6-9)12-17-10-2-1-7(13(20)19-15)4-11(10)18-12/h1-6H,15H2,(H,17,18)(H,19,20). The maximum atomic E-state index is 11.5. The number of nitrogens with zero attached hydrogens (tertiary/aromatic N) is 2. The number of nitrogen functional groups attached to an aromatic ring is 1. The number of nitrogens with one attached hydrogen (secondary N) is 2. The maximum absolute atomic E-state index is 11.5. The third kappa shape index (κ3) is 2.28. The van der Waals surface area contributed by atoms with E-state index < -0.39 is 0 Å². The van der Waals surface area contributed by atoms with E-state index in [0.29, 0.717) is 11.4 Å². The summed E-state index contributed by atoms with van der Waals surface area (Å²) in [4.78, 5) is 23.2. The highest BCUT2D eigenvalue weighted by Gasteiger charge is 2.09. The summed E-state index contributed by atoms with van der Waals surface area (Å²) in [6.07, 6.45) is 3.42. The number of benzene rings is 1. The van der Waals surface area contributed by atoms with Crippen LogP contribution in [-0.4, -0.2) is 20.9 Å². The Kier molecular flexibility index (Phi) is 3.21. The van der Waals surface area contributed by atoms with E-state index in [2.05, 4.69) is 36.3 Å². The zero-order chi connectivity index (χ0) is 14.1. The third-order valence-electron chi connectivity index (χ3n) is 2.85. The minimum Gasteiger partial charge on any atom is -0.338 e. The first-order chi connectivity index (χ1) is 9.67. The number of hydrogen-bond acceptors (Lipinski definition) is 4. The maximum Gasteiger partial charge on any atom is 0.265 e. The number of aromatic nitrogens is 3. The molecule has 6 nitrogen and oxygen atoms in total. The number of fused-ring (bicyclic) bond motifs is 1. The van der Waals surface area contributed by atoms with Crippen LogP contribution >= 0.6 is 15.9 Å². The summed E-state index contributed by atoms with van der Waals surface area (Å²) >= 11 is 3.37. The Bertz CT molecular complexity index is 798. The molecule has 7 heteroatoms. The lowest BCUT2D eigenvalue weighted by atomic mass is 10.2. The van der Waals surface area contributed by atoms with Crippen molar-refractivity contribution in [1.29, 1.82) is 0 Å². The van der Waals surface area contributed by atoms with Crippen molar-refractivity contribution < 1.29 is 4.79 Å². The molecule has 20 heavy (non-hydrogen) atoms. The van der Waals surface area contributed by atoms with Gasteiger partial charge < -0.3 is 4.98 Å². The molecule has 4 N–H and O–H groups in total. The Hall–Kier alpha value is -2.25. The van der Waals surface area contributed by atoms with Crippen molar-refractivity contribution in [2.24, 2.45) is 5.84 Å². The summed E-state index contributed by atoms with van der Waals surface area (Å²) in [5, 5.41) is 0. The first-order valence-corrected chi connectivity index (χ1v) is 6.58. The zero-order valence-corrected chi connectivity index (χ0v) is 11.8. The summed E-state index contributed by atoms with van der Waals surface area (Å²) < 4.78 is 0.874. The van der Waals surface area contributed by atoms with E-state index in [9.17, 15) is 4.79 Å². The number of aromatic amines is 1. The molecular formula is C13H10BrN5O. The van der Waals surface area contributed by atoms with Crippen molar-refractivity contribution >= 4 is 32.9 Å². The molecule has 0 saturated carbocycles. The van der Waals surface area contributed by atoms with Gasteiger partial charge >= 0.3 is 0 Å². The quantitative estimate of drug-likeness (QED) is 0.380. The topological polar surface area (TPSA) is 96.7 Å². The first-order valence-electron chi connectivity index (χ1n) is 5.79. The molecule has 1 aromatic carbocycles. The number of pyridine rings is 1.